The first-order valence-electron chi connectivity index (χ1n) is 7.64. The van der Waals surface area contributed by atoms with Gasteiger partial charge in [-0.3, -0.25) is 0 Å². The third-order valence-electron chi connectivity index (χ3n) is 5.94. The van der Waals surface area contributed by atoms with Crippen molar-refractivity contribution in [3.05, 3.63) is 35.9 Å². The summed E-state index contributed by atoms with van der Waals surface area (Å²) in [7, 11) is 1.37. The number of carbonyl (C=O) groups excluding carboxylic acids is 1. The minimum absolute atomic E-state index is 0.0313. The van der Waals surface area contributed by atoms with Gasteiger partial charge in [0.05, 0.1) is 18.8 Å². The van der Waals surface area contributed by atoms with Crippen LogP contribution in [0.4, 0.5) is 0 Å². The number of rotatable bonds is 1. The van der Waals surface area contributed by atoms with Crippen LogP contribution >= 0.6 is 0 Å². The maximum absolute atomic E-state index is 10.8. The lowest BCUT2D eigenvalue weighted by Gasteiger charge is -2.36. The number of ether oxygens (including phenoxy) is 1. The van der Waals surface area contributed by atoms with Crippen LogP contribution in [0, 0.1) is 16.7 Å². The van der Waals surface area contributed by atoms with Gasteiger partial charge in [0, 0.05) is 0 Å². The van der Waals surface area contributed by atoms with Gasteiger partial charge in [-0.15, -0.1) is 0 Å². The van der Waals surface area contributed by atoms with Crippen molar-refractivity contribution in [2.75, 3.05) is 7.11 Å². The predicted octanol–water partition coefficient (Wildman–Crippen LogP) is 3.67. The Labute approximate surface area is 127 Å². The van der Waals surface area contributed by atoms with Gasteiger partial charge in [-0.2, -0.15) is 0 Å². The SMILES string of the molecule is CC1(C)[C@@H]2CC[C@]1(C)[C@H](O)C2.COC(=O)c1ccccc1. The Morgan fingerprint density at radius 2 is 1.86 bits per heavy atom. The molecule has 0 unspecified atom stereocenters. The van der Waals surface area contributed by atoms with E-state index in [9.17, 15) is 9.90 Å². The van der Waals surface area contributed by atoms with Crippen LogP contribution in [-0.4, -0.2) is 24.3 Å². The zero-order valence-corrected chi connectivity index (χ0v) is 13.4. The summed E-state index contributed by atoms with van der Waals surface area (Å²) in [5, 5.41) is 9.81. The Morgan fingerprint density at radius 1 is 1.24 bits per heavy atom. The molecule has 2 aliphatic carbocycles. The van der Waals surface area contributed by atoms with Gasteiger partial charge in [-0.25, -0.2) is 4.79 Å². The van der Waals surface area contributed by atoms with Crippen LogP contribution in [0.1, 0.15) is 50.4 Å². The summed E-state index contributed by atoms with van der Waals surface area (Å²) >= 11 is 0. The molecule has 1 aromatic carbocycles. The Balaban J connectivity index is 0.000000155. The smallest absolute Gasteiger partial charge is 0.337 e. The molecule has 2 saturated carbocycles. The van der Waals surface area contributed by atoms with E-state index in [0.717, 1.165) is 12.3 Å². The molecule has 0 heterocycles. The first-order valence-corrected chi connectivity index (χ1v) is 7.64. The van der Waals surface area contributed by atoms with Gasteiger partial charge in [0.1, 0.15) is 0 Å². The second-order valence-electron chi connectivity index (χ2n) is 6.98. The molecule has 0 amide bonds. The fraction of sp³-hybridized carbons (Fsp3) is 0.611. The summed E-state index contributed by atoms with van der Waals surface area (Å²) in [4.78, 5) is 10.8. The van der Waals surface area contributed by atoms with E-state index in [-0.39, 0.29) is 17.5 Å². The Hall–Kier alpha value is -1.35. The molecule has 21 heavy (non-hydrogen) atoms. The van der Waals surface area contributed by atoms with E-state index < -0.39 is 0 Å². The van der Waals surface area contributed by atoms with E-state index in [0.29, 0.717) is 11.0 Å². The van der Waals surface area contributed by atoms with Crippen LogP contribution in [0.5, 0.6) is 0 Å². The molecule has 116 valence electrons. The first-order chi connectivity index (χ1) is 9.83. The van der Waals surface area contributed by atoms with Gasteiger partial charge < -0.3 is 9.84 Å². The molecule has 2 aliphatic rings. The molecule has 0 aliphatic heterocycles. The molecule has 3 heteroatoms. The van der Waals surface area contributed by atoms with Crippen LogP contribution < -0.4 is 0 Å². The Kier molecular flexibility index (Phi) is 4.43. The molecule has 1 N–H and O–H groups in total. The average Bonchev–Trinajstić information content (AvgIpc) is 2.81. The highest BCUT2D eigenvalue weighted by atomic mass is 16.5. The van der Waals surface area contributed by atoms with Gasteiger partial charge in [0.2, 0.25) is 0 Å². The zero-order valence-electron chi connectivity index (χ0n) is 13.4. The molecule has 3 rings (SSSR count). The van der Waals surface area contributed by atoms with Crippen molar-refractivity contribution in [3.8, 4) is 0 Å². The van der Waals surface area contributed by atoms with Gasteiger partial charge >= 0.3 is 5.97 Å². The number of hydrogen-bond donors (Lipinski definition) is 1. The number of methoxy groups -OCH3 is 1. The average molecular weight is 290 g/mol. The summed E-state index contributed by atoms with van der Waals surface area (Å²) in [6.07, 6.45) is 3.58. The fourth-order valence-corrected chi connectivity index (χ4v) is 3.85. The molecule has 1 aromatic rings. The Morgan fingerprint density at radius 3 is 2.19 bits per heavy atom. The summed E-state index contributed by atoms with van der Waals surface area (Å²) in [6, 6.07) is 8.88. The lowest BCUT2D eigenvalue weighted by Crippen LogP contribution is -2.35. The second kappa shape index (κ2) is 5.80. The minimum atomic E-state index is -0.291. The van der Waals surface area contributed by atoms with E-state index in [2.05, 4.69) is 25.5 Å². The van der Waals surface area contributed by atoms with Gasteiger partial charge in [0.25, 0.3) is 0 Å². The van der Waals surface area contributed by atoms with Crippen molar-refractivity contribution in [2.45, 2.75) is 46.1 Å². The van der Waals surface area contributed by atoms with Crippen molar-refractivity contribution in [2.24, 2.45) is 16.7 Å². The van der Waals surface area contributed by atoms with Crippen LogP contribution in [0.15, 0.2) is 30.3 Å². The molecular formula is C18H26O3. The van der Waals surface area contributed by atoms with E-state index >= 15 is 0 Å². The van der Waals surface area contributed by atoms with Gasteiger partial charge in [0.15, 0.2) is 0 Å². The van der Waals surface area contributed by atoms with Crippen molar-refractivity contribution in [1.29, 1.82) is 0 Å². The maximum atomic E-state index is 10.8. The van der Waals surface area contributed by atoms with Crippen molar-refractivity contribution >= 4 is 5.97 Å². The monoisotopic (exact) mass is 290 g/mol. The first kappa shape index (κ1) is 16.0. The largest absolute Gasteiger partial charge is 0.465 e. The summed E-state index contributed by atoms with van der Waals surface area (Å²) < 4.78 is 4.50. The number of carbonyl (C=O) groups is 1. The lowest BCUT2D eigenvalue weighted by atomic mass is 9.70. The highest BCUT2D eigenvalue weighted by molar-refractivity contribution is 5.89. The van der Waals surface area contributed by atoms with Crippen molar-refractivity contribution in [3.63, 3.8) is 0 Å². The molecular weight excluding hydrogens is 264 g/mol. The fourth-order valence-electron chi connectivity index (χ4n) is 3.85. The van der Waals surface area contributed by atoms with E-state index in [1.54, 1.807) is 24.3 Å². The number of esters is 1. The standard InChI is InChI=1S/C10H18O.C8H8O2/c1-9(2)7-4-5-10(9,3)8(11)6-7;1-10-8(9)7-5-3-2-4-6-7/h7-8,11H,4-6H2,1-3H3;2-6H,1H3/t7-,8-,10-;/m1./s1. The normalized spacial score (nSPS) is 32.2. The quantitative estimate of drug-likeness (QED) is 0.803. The van der Waals surface area contributed by atoms with Gasteiger partial charge in [-0.05, 0) is 48.1 Å². The van der Waals surface area contributed by atoms with E-state index in [1.807, 2.05) is 6.07 Å². The number of fused-ring (bicyclic) bond motifs is 2. The third kappa shape index (κ3) is 2.71. The molecule has 3 nitrogen and oxygen atoms in total. The molecule has 0 saturated heterocycles. The lowest BCUT2D eigenvalue weighted by molar-refractivity contribution is 0.0126. The second-order valence-corrected chi connectivity index (χ2v) is 6.98. The van der Waals surface area contributed by atoms with E-state index in [4.69, 9.17) is 0 Å². The maximum Gasteiger partial charge on any atom is 0.337 e. The van der Waals surface area contributed by atoms with Crippen LogP contribution in [0.3, 0.4) is 0 Å². The number of hydrogen-bond acceptors (Lipinski definition) is 3. The highest BCUT2D eigenvalue weighted by Crippen LogP contribution is 2.65. The molecule has 2 bridgehead atoms. The number of benzene rings is 1. The zero-order chi connectivity index (χ0) is 15.7. The number of aliphatic hydroxyl groups is 1. The van der Waals surface area contributed by atoms with Crippen molar-refractivity contribution < 1.29 is 14.6 Å². The Bertz CT molecular complexity index is 494. The third-order valence-corrected chi connectivity index (χ3v) is 5.94. The molecule has 0 aromatic heterocycles. The molecule has 3 atom stereocenters. The molecule has 0 radical (unpaired) electrons. The van der Waals surface area contributed by atoms with Crippen LogP contribution in [-0.2, 0) is 4.74 Å². The van der Waals surface area contributed by atoms with Gasteiger partial charge in [-0.1, -0.05) is 39.0 Å². The van der Waals surface area contributed by atoms with Crippen LogP contribution in [0.25, 0.3) is 0 Å². The predicted molar refractivity (Wildman–Crippen MR) is 83.0 cm³/mol. The molecule has 0 spiro atoms. The van der Waals surface area contributed by atoms with Crippen molar-refractivity contribution in [1.82, 2.24) is 0 Å². The van der Waals surface area contributed by atoms with Crippen LogP contribution in [0.2, 0.25) is 0 Å². The minimum Gasteiger partial charge on any atom is -0.465 e. The van der Waals surface area contributed by atoms with E-state index in [1.165, 1.54) is 20.0 Å². The topological polar surface area (TPSA) is 46.5 Å². The summed E-state index contributed by atoms with van der Waals surface area (Å²) in [6.45, 7) is 6.90. The number of aliphatic hydroxyl groups excluding tert-OH is 1. The summed E-state index contributed by atoms with van der Waals surface area (Å²) in [5.41, 5.74) is 1.19. The molecule has 2 fully saturated rings. The highest BCUT2D eigenvalue weighted by Gasteiger charge is 2.60. The summed E-state index contributed by atoms with van der Waals surface area (Å²) in [5.74, 6) is 0.489.